The van der Waals surface area contributed by atoms with Crippen LogP contribution in [0.15, 0.2) is 12.7 Å². The van der Waals surface area contributed by atoms with E-state index >= 15 is 0 Å². The molecule has 1 unspecified atom stereocenters. The summed E-state index contributed by atoms with van der Waals surface area (Å²) in [5, 5.41) is 0. The maximum atomic E-state index is 3.72. The van der Waals surface area contributed by atoms with Crippen molar-refractivity contribution in [2.24, 2.45) is 0 Å². The van der Waals surface area contributed by atoms with Crippen LogP contribution in [0, 0.1) is 0 Å². The number of nitrogens with zero attached hydrogens (tertiary/aromatic N) is 1. The van der Waals surface area contributed by atoms with E-state index in [0.29, 0.717) is 0 Å². The fourth-order valence-corrected chi connectivity index (χ4v) is 2.27. The molecule has 0 spiro atoms. The summed E-state index contributed by atoms with van der Waals surface area (Å²) in [6.45, 7) is 3.72. The van der Waals surface area contributed by atoms with Crippen molar-refractivity contribution in [3.63, 3.8) is 0 Å². The zero-order valence-corrected chi connectivity index (χ0v) is 6.66. The fraction of sp³-hybridized carbons (Fsp3) is 0.714. The maximum Gasteiger partial charge on any atom is 0.0445 e. The molecule has 9 heavy (non-hydrogen) atoms. The lowest BCUT2D eigenvalue weighted by atomic mass is 10.2. The average molecular weight is 143 g/mol. The van der Waals surface area contributed by atoms with Crippen molar-refractivity contribution in [1.29, 1.82) is 0 Å². The van der Waals surface area contributed by atoms with E-state index in [1.165, 1.54) is 11.6 Å². The highest BCUT2D eigenvalue weighted by Crippen LogP contribution is 2.20. The molecule has 52 valence electrons. The molecular weight excluding hydrogens is 130 g/mol. The molecule has 0 N–H and O–H groups in total. The van der Waals surface area contributed by atoms with Crippen LogP contribution in [0.2, 0.25) is 0 Å². The fourth-order valence-electron chi connectivity index (χ4n) is 1.01. The van der Waals surface area contributed by atoms with Crippen molar-refractivity contribution in [2.75, 3.05) is 18.7 Å². The molecular formula is C7H13NS. The summed E-state index contributed by atoms with van der Waals surface area (Å²) in [5.41, 5.74) is 0. The third-order valence-corrected chi connectivity index (χ3v) is 2.88. The second-order valence-electron chi connectivity index (χ2n) is 2.44. The molecule has 1 nitrogen and oxygen atoms in total. The van der Waals surface area contributed by atoms with Gasteiger partial charge in [-0.25, -0.2) is 0 Å². The van der Waals surface area contributed by atoms with E-state index in [9.17, 15) is 0 Å². The maximum absolute atomic E-state index is 3.72. The Balaban J connectivity index is 2.30. The van der Waals surface area contributed by atoms with Gasteiger partial charge in [-0.3, -0.25) is 4.90 Å². The van der Waals surface area contributed by atoms with E-state index in [4.69, 9.17) is 0 Å². The Morgan fingerprint density at radius 1 is 1.89 bits per heavy atom. The molecule has 1 saturated heterocycles. The highest BCUT2D eigenvalue weighted by molar-refractivity contribution is 7.99. The number of hydrogen-bond donors (Lipinski definition) is 0. The number of rotatable bonds is 2. The first-order chi connectivity index (χ1) is 4.34. The molecule has 0 saturated carbocycles. The largest absolute Gasteiger partial charge is 0.293 e. The number of thioether (sulfide) groups is 1. The van der Waals surface area contributed by atoms with Crippen LogP contribution < -0.4 is 0 Å². The van der Waals surface area contributed by atoms with Gasteiger partial charge in [-0.1, -0.05) is 6.08 Å². The zero-order valence-electron chi connectivity index (χ0n) is 5.84. The normalized spacial score (nSPS) is 28.8. The molecule has 0 radical (unpaired) electrons. The lowest BCUT2D eigenvalue weighted by molar-refractivity contribution is 0.326. The lowest BCUT2D eigenvalue weighted by Crippen LogP contribution is -2.25. The van der Waals surface area contributed by atoms with Crippen LogP contribution in [0.1, 0.15) is 6.42 Å². The van der Waals surface area contributed by atoms with E-state index in [1.54, 1.807) is 0 Å². The van der Waals surface area contributed by atoms with Crippen LogP contribution in [-0.2, 0) is 0 Å². The van der Waals surface area contributed by atoms with Gasteiger partial charge in [0.15, 0.2) is 0 Å². The summed E-state index contributed by atoms with van der Waals surface area (Å²) in [7, 11) is 2.17. The molecule has 1 fully saturated rings. The molecule has 2 heteroatoms. The minimum absolute atomic E-state index is 0.757. The van der Waals surface area contributed by atoms with Crippen molar-refractivity contribution in [2.45, 2.75) is 12.5 Å². The van der Waals surface area contributed by atoms with Crippen LogP contribution in [0.4, 0.5) is 0 Å². The van der Waals surface area contributed by atoms with Crippen molar-refractivity contribution >= 4 is 11.8 Å². The van der Waals surface area contributed by atoms with Crippen LogP contribution in [0.5, 0.6) is 0 Å². The highest BCUT2D eigenvalue weighted by atomic mass is 32.2. The first-order valence-electron chi connectivity index (χ1n) is 3.23. The predicted octanol–water partition coefficient (Wildman–Crippen LogP) is 1.57. The topological polar surface area (TPSA) is 3.24 Å². The quantitative estimate of drug-likeness (QED) is 0.540. The van der Waals surface area contributed by atoms with Crippen molar-refractivity contribution in [3.05, 3.63) is 12.7 Å². The Kier molecular flexibility index (Phi) is 2.61. The zero-order chi connectivity index (χ0) is 6.69. The van der Waals surface area contributed by atoms with Crippen molar-refractivity contribution < 1.29 is 0 Å². The summed E-state index contributed by atoms with van der Waals surface area (Å²) in [5.74, 6) is 2.47. The van der Waals surface area contributed by atoms with Crippen LogP contribution in [-0.4, -0.2) is 29.6 Å². The molecule has 1 rings (SSSR count). The van der Waals surface area contributed by atoms with E-state index in [-0.39, 0.29) is 0 Å². The molecule has 1 atom stereocenters. The average Bonchev–Trinajstić information content (AvgIpc) is 2.18. The third-order valence-electron chi connectivity index (χ3n) is 1.67. The van der Waals surface area contributed by atoms with Crippen LogP contribution >= 0.6 is 11.8 Å². The smallest absolute Gasteiger partial charge is 0.0445 e. The monoisotopic (exact) mass is 143 g/mol. The summed E-state index contributed by atoms with van der Waals surface area (Å²) in [4.78, 5) is 2.38. The minimum Gasteiger partial charge on any atom is -0.293 e. The van der Waals surface area contributed by atoms with Crippen molar-refractivity contribution in [1.82, 2.24) is 4.90 Å². The van der Waals surface area contributed by atoms with Gasteiger partial charge in [0, 0.05) is 17.7 Å². The first kappa shape index (κ1) is 7.16. The van der Waals surface area contributed by atoms with Gasteiger partial charge in [-0.05, 0) is 13.5 Å². The Morgan fingerprint density at radius 2 is 2.67 bits per heavy atom. The van der Waals surface area contributed by atoms with Gasteiger partial charge < -0.3 is 0 Å². The Labute approximate surface area is 61.1 Å². The first-order valence-corrected chi connectivity index (χ1v) is 4.39. The predicted molar refractivity (Wildman–Crippen MR) is 43.7 cm³/mol. The van der Waals surface area contributed by atoms with Gasteiger partial charge in [0.1, 0.15) is 0 Å². The number of hydrogen-bond acceptors (Lipinski definition) is 2. The lowest BCUT2D eigenvalue weighted by Gasteiger charge is -2.15. The van der Waals surface area contributed by atoms with Gasteiger partial charge in [0.05, 0.1) is 0 Å². The Bertz CT molecular complexity index is 103. The summed E-state index contributed by atoms with van der Waals surface area (Å²) in [6.07, 6.45) is 3.15. The molecule has 0 amide bonds. The van der Waals surface area contributed by atoms with E-state index in [0.717, 1.165) is 12.5 Å². The summed E-state index contributed by atoms with van der Waals surface area (Å²) >= 11 is 2.01. The van der Waals surface area contributed by atoms with Gasteiger partial charge in [0.2, 0.25) is 0 Å². The SMILES string of the molecule is C=CCC1CSCN1C. The van der Waals surface area contributed by atoms with Gasteiger partial charge in [-0.2, -0.15) is 0 Å². The van der Waals surface area contributed by atoms with Gasteiger partial charge in [-0.15, -0.1) is 18.3 Å². The van der Waals surface area contributed by atoms with E-state index in [2.05, 4.69) is 18.5 Å². The highest BCUT2D eigenvalue weighted by Gasteiger charge is 2.18. The van der Waals surface area contributed by atoms with E-state index < -0.39 is 0 Å². The second kappa shape index (κ2) is 3.28. The molecule has 0 aromatic rings. The van der Waals surface area contributed by atoms with Gasteiger partial charge in [0.25, 0.3) is 0 Å². The molecule has 0 aromatic carbocycles. The van der Waals surface area contributed by atoms with Crippen molar-refractivity contribution in [3.8, 4) is 0 Å². The third kappa shape index (κ3) is 1.73. The molecule has 0 aliphatic carbocycles. The summed E-state index contributed by atoms with van der Waals surface area (Å²) in [6, 6.07) is 0.757. The minimum atomic E-state index is 0.757. The van der Waals surface area contributed by atoms with Crippen LogP contribution in [0.3, 0.4) is 0 Å². The molecule has 1 aliphatic rings. The molecule has 1 heterocycles. The Hall–Kier alpha value is 0.0500. The summed E-state index contributed by atoms with van der Waals surface area (Å²) < 4.78 is 0. The molecule has 0 bridgehead atoms. The standard InChI is InChI=1S/C7H13NS/c1-3-4-7-5-9-6-8(7)2/h3,7H,1,4-6H2,2H3. The van der Waals surface area contributed by atoms with Crippen LogP contribution in [0.25, 0.3) is 0 Å². The van der Waals surface area contributed by atoms with E-state index in [1.807, 2.05) is 17.8 Å². The molecule has 0 aromatic heterocycles. The second-order valence-corrected chi connectivity index (χ2v) is 3.43. The van der Waals surface area contributed by atoms with Gasteiger partial charge >= 0.3 is 0 Å². The molecule has 1 aliphatic heterocycles. The Morgan fingerprint density at radius 3 is 3.11 bits per heavy atom.